The van der Waals surface area contributed by atoms with Crippen molar-refractivity contribution in [3.8, 4) is 0 Å². The average Bonchev–Trinajstić information content (AvgIpc) is 2.45. The van der Waals surface area contributed by atoms with Crippen LogP contribution in [0, 0.1) is 5.92 Å². The predicted molar refractivity (Wildman–Crippen MR) is 80.0 cm³/mol. The van der Waals surface area contributed by atoms with Gasteiger partial charge in [0.05, 0.1) is 12.6 Å². The summed E-state index contributed by atoms with van der Waals surface area (Å²) < 4.78 is 0. The minimum Gasteiger partial charge on any atom is -0.392 e. The summed E-state index contributed by atoms with van der Waals surface area (Å²) in [6, 6.07) is 18.6. The molecule has 0 heterocycles. The quantitative estimate of drug-likeness (QED) is 0.846. The van der Waals surface area contributed by atoms with E-state index in [-0.39, 0.29) is 12.6 Å². The molecule has 0 saturated carbocycles. The third-order valence-electron chi connectivity index (χ3n) is 3.32. The third-order valence-corrected chi connectivity index (χ3v) is 3.32. The van der Waals surface area contributed by atoms with Gasteiger partial charge in [0, 0.05) is 11.3 Å². The van der Waals surface area contributed by atoms with E-state index in [4.69, 9.17) is 0 Å². The van der Waals surface area contributed by atoms with Gasteiger partial charge < -0.3 is 10.4 Å². The first-order valence-corrected chi connectivity index (χ1v) is 6.72. The maximum atomic E-state index is 9.40. The summed E-state index contributed by atoms with van der Waals surface area (Å²) in [6.07, 6.45) is 0. The van der Waals surface area contributed by atoms with E-state index < -0.39 is 0 Å². The normalized spacial score (nSPS) is 12.4. The zero-order chi connectivity index (χ0) is 13.7. The fourth-order valence-electron chi connectivity index (χ4n) is 2.26. The molecule has 2 heteroatoms. The Morgan fingerprint density at radius 2 is 1.58 bits per heavy atom. The Morgan fingerprint density at radius 3 is 2.21 bits per heavy atom. The number of hydrogen-bond donors (Lipinski definition) is 2. The standard InChI is InChI=1S/C17H21NO/c1-13(2)17(14-8-4-3-5-9-14)18-16-11-7-6-10-15(16)12-19/h3-11,13,17-19H,12H2,1-2H3. The highest BCUT2D eigenvalue weighted by Crippen LogP contribution is 2.28. The molecule has 2 aromatic rings. The Labute approximate surface area is 115 Å². The Morgan fingerprint density at radius 1 is 0.947 bits per heavy atom. The van der Waals surface area contributed by atoms with Crippen molar-refractivity contribution >= 4 is 5.69 Å². The van der Waals surface area contributed by atoms with Crippen molar-refractivity contribution in [2.75, 3.05) is 5.32 Å². The van der Waals surface area contributed by atoms with Gasteiger partial charge in [0.1, 0.15) is 0 Å². The van der Waals surface area contributed by atoms with Gasteiger partial charge in [-0.25, -0.2) is 0 Å². The van der Waals surface area contributed by atoms with E-state index in [9.17, 15) is 5.11 Å². The van der Waals surface area contributed by atoms with E-state index in [1.54, 1.807) is 0 Å². The third kappa shape index (κ3) is 3.36. The molecule has 2 nitrogen and oxygen atoms in total. The first kappa shape index (κ1) is 13.6. The molecule has 0 amide bonds. The van der Waals surface area contributed by atoms with Crippen LogP contribution < -0.4 is 5.32 Å². The van der Waals surface area contributed by atoms with Crippen LogP contribution in [0.4, 0.5) is 5.69 Å². The van der Waals surface area contributed by atoms with Gasteiger partial charge in [-0.05, 0) is 17.5 Å². The van der Waals surface area contributed by atoms with Crippen molar-refractivity contribution in [1.82, 2.24) is 0 Å². The lowest BCUT2D eigenvalue weighted by molar-refractivity contribution is 0.282. The molecule has 19 heavy (non-hydrogen) atoms. The van der Waals surface area contributed by atoms with Crippen LogP contribution in [0.2, 0.25) is 0 Å². The smallest absolute Gasteiger partial charge is 0.0701 e. The van der Waals surface area contributed by atoms with E-state index in [1.165, 1.54) is 5.56 Å². The van der Waals surface area contributed by atoms with Crippen LogP contribution in [-0.4, -0.2) is 5.11 Å². The molecule has 0 aliphatic heterocycles. The van der Waals surface area contributed by atoms with Crippen molar-refractivity contribution in [2.24, 2.45) is 5.92 Å². The van der Waals surface area contributed by atoms with Gasteiger partial charge in [-0.15, -0.1) is 0 Å². The number of benzene rings is 2. The zero-order valence-electron chi connectivity index (χ0n) is 11.5. The summed E-state index contributed by atoms with van der Waals surface area (Å²) in [4.78, 5) is 0. The summed E-state index contributed by atoms with van der Waals surface area (Å²) in [7, 11) is 0. The minimum absolute atomic E-state index is 0.0583. The molecule has 0 aromatic heterocycles. The van der Waals surface area contributed by atoms with Gasteiger partial charge in [0.2, 0.25) is 0 Å². The Kier molecular flexibility index (Phi) is 4.58. The molecule has 0 bridgehead atoms. The Hall–Kier alpha value is -1.80. The molecule has 0 saturated heterocycles. The van der Waals surface area contributed by atoms with Crippen LogP contribution in [-0.2, 0) is 6.61 Å². The lowest BCUT2D eigenvalue weighted by Gasteiger charge is -2.25. The SMILES string of the molecule is CC(C)C(Nc1ccccc1CO)c1ccccc1. The molecule has 0 aliphatic rings. The molecule has 2 rings (SSSR count). The second kappa shape index (κ2) is 6.39. The largest absolute Gasteiger partial charge is 0.392 e. The van der Waals surface area contributed by atoms with Crippen LogP contribution in [0.25, 0.3) is 0 Å². The predicted octanol–water partition coefficient (Wildman–Crippen LogP) is 3.99. The van der Waals surface area contributed by atoms with Crippen LogP contribution in [0.5, 0.6) is 0 Å². The maximum absolute atomic E-state index is 9.40. The maximum Gasteiger partial charge on any atom is 0.0701 e. The zero-order valence-corrected chi connectivity index (χ0v) is 11.5. The minimum atomic E-state index is 0.0583. The Balaban J connectivity index is 2.27. The van der Waals surface area contributed by atoms with Crippen molar-refractivity contribution < 1.29 is 5.11 Å². The van der Waals surface area contributed by atoms with E-state index in [0.717, 1.165) is 11.3 Å². The molecule has 2 aromatic carbocycles. The number of rotatable bonds is 5. The van der Waals surface area contributed by atoms with Crippen LogP contribution in [0.3, 0.4) is 0 Å². The fourth-order valence-corrected chi connectivity index (χ4v) is 2.26. The fraction of sp³-hybridized carbons (Fsp3) is 0.294. The highest BCUT2D eigenvalue weighted by molar-refractivity contribution is 5.52. The number of aliphatic hydroxyl groups excluding tert-OH is 1. The summed E-state index contributed by atoms with van der Waals surface area (Å²) in [6.45, 7) is 4.46. The average molecular weight is 255 g/mol. The molecule has 0 spiro atoms. The van der Waals surface area contributed by atoms with Gasteiger partial charge in [0.15, 0.2) is 0 Å². The lowest BCUT2D eigenvalue weighted by Crippen LogP contribution is -2.17. The van der Waals surface area contributed by atoms with Gasteiger partial charge >= 0.3 is 0 Å². The van der Waals surface area contributed by atoms with Crippen LogP contribution >= 0.6 is 0 Å². The second-order valence-corrected chi connectivity index (χ2v) is 5.09. The number of anilines is 1. The van der Waals surface area contributed by atoms with Gasteiger partial charge in [-0.2, -0.15) is 0 Å². The molecule has 0 fully saturated rings. The van der Waals surface area contributed by atoms with E-state index in [1.807, 2.05) is 30.3 Å². The summed E-state index contributed by atoms with van der Waals surface area (Å²) >= 11 is 0. The first-order valence-electron chi connectivity index (χ1n) is 6.72. The van der Waals surface area contributed by atoms with E-state index in [0.29, 0.717) is 5.92 Å². The van der Waals surface area contributed by atoms with Crippen molar-refractivity contribution in [2.45, 2.75) is 26.5 Å². The molecule has 1 unspecified atom stereocenters. The molecule has 100 valence electrons. The van der Waals surface area contributed by atoms with Crippen molar-refractivity contribution in [3.05, 3.63) is 65.7 Å². The van der Waals surface area contributed by atoms with E-state index >= 15 is 0 Å². The molecule has 0 radical (unpaired) electrons. The Bertz CT molecular complexity index is 508. The van der Waals surface area contributed by atoms with Crippen LogP contribution in [0.1, 0.15) is 31.0 Å². The number of nitrogens with one attached hydrogen (secondary N) is 1. The molecular formula is C17H21NO. The highest BCUT2D eigenvalue weighted by atomic mass is 16.3. The molecule has 1 atom stereocenters. The highest BCUT2D eigenvalue weighted by Gasteiger charge is 2.16. The van der Waals surface area contributed by atoms with Gasteiger partial charge in [-0.1, -0.05) is 62.4 Å². The van der Waals surface area contributed by atoms with E-state index in [2.05, 4.69) is 43.4 Å². The van der Waals surface area contributed by atoms with Crippen molar-refractivity contribution in [3.63, 3.8) is 0 Å². The molecular weight excluding hydrogens is 234 g/mol. The number of aliphatic hydroxyl groups is 1. The summed E-state index contributed by atoms with van der Waals surface area (Å²) in [5, 5.41) is 13.0. The summed E-state index contributed by atoms with van der Waals surface area (Å²) in [5.74, 6) is 0.467. The monoisotopic (exact) mass is 255 g/mol. The molecule has 2 N–H and O–H groups in total. The number of hydrogen-bond acceptors (Lipinski definition) is 2. The lowest BCUT2D eigenvalue weighted by atomic mass is 9.95. The summed E-state index contributed by atoms with van der Waals surface area (Å²) in [5.41, 5.74) is 3.21. The van der Waals surface area contributed by atoms with Crippen molar-refractivity contribution in [1.29, 1.82) is 0 Å². The van der Waals surface area contributed by atoms with Gasteiger partial charge in [0.25, 0.3) is 0 Å². The van der Waals surface area contributed by atoms with Gasteiger partial charge in [-0.3, -0.25) is 0 Å². The van der Waals surface area contributed by atoms with Crippen LogP contribution in [0.15, 0.2) is 54.6 Å². The number of para-hydroxylation sites is 1. The first-order chi connectivity index (χ1) is 9.22. The molecule has 0 aliphatic carbocycles. The second-order valence-electron chi connectivity index (χ2n) is 5.09. The topological polar surface area (TPSA) is 32.3 Å².